The molecule has 0 saturated heterocycles. The standard InChI is InChI=1S/C14H23NO3S/c1-11-6-7-14(18-3)13(10-11)12(2)15-8-5-9-19(4,16)17/h6-7,10,12,15H,5,8-9H2,1-4H3. The van der Waals surface area contributed by atoms with Crippen molar-refractivity contribution in [1.29, 1.82) is 0 Å². The molecule has 0 saturated carbocycles. The zero-order chi connectivity index (χ0) is 14.5. The Morgan fingerprint density at radius 2 is 2.05 bits per heavy atom. The Kier molecular flexibility index (Phi) is 5.82. The maximum atomic E-state index is 11.0. The Morgan fingerprint density at radius 3 is 2.63 bits per heavy atom. The number of ether oxygens (including phenoxy) is 1. The van der Waals surface area contributed by atoms with Gasteiger partial charge in [-0.3, -0.25) is 0 Å². The second-order valence-corrected chi connectivity index (χ2v) is 7.16. The first-order chi connectivity index (χ1) is 8.83. The number of nitrogens with one attached hydrogen (secondary N) is 1. The molecule has 19 heavy (non-hydrogen) atoms. The Hall–Kier alpha value is -1.07. The summed E-state index contributed by atoms with van der Waals surface area (Å²) < 4.78 is 27.4. The van der Waals surface area contributed by atoms with Gasteiger partial charge in [0, 0.05) is 17.9 Å². The topological polar surface area (TPSA) is 55.4 Å². The highest BCUT2D eigenvalue weighted by Gasteiger charge is 2.11. The van der Waals surface area contributed by atoms with Gasteiger partial charge in [0.1, 0.15) is 15.6 Å². The number of benzene rings is 1. The maximum Gasteiger partial charge on any atom is 0.147 e. The first-order valence-corrected chi connectivity index (χ1v) is 8.45. The first-order valence-electron chi connectivity index (χ1n) is 6.39. The van der Waals surface area contributed by atoms with E-state index in [4.69, 9.17) is 4.74 Å². The number of sulfone groups is 1. The lowest BCUT2D eigenvalue weighted by Gasteiger charge is -2.18. The Bertz CT molecular complexity index is 511. The molecule has 4 nitrogen and oxygen atoms in total. The molecule has 0 radical (unpaired) electrons. The van der Waals surface area contributed by atoms with Crippen LogP contribution in [0.2, 0.25) is 0 Å². The quantitative estimate of drug-likeness (QED) is 0.779. The molecule has 1 unspecified atom stereocenters. The second kappa shape index (κ2) is 6.91. The van der Waals surface area contributed by atoms with Crippen LogP contribution in [0.25, 0.3) is 0 Å². The van der Waals surface area contributed by atoms with E-state index in [-0.39, 0.29) is 11.8 Å². The van der Waals surface area contributed by atoms with Crippen LogP contribution in [0.3, 0.4) is 0 Å². The Balaban J connectivity index is 2.58. The molecule has 0 aliphatic rings. The van der Waals surface area contributed by atoms with E-state index in [0.717, 1.165) is 11.3 Å². The number of hydrogen-bond donors (Lipinski definition) is 1. The lowest BCUT2D eigenvalue weighted by atomic mass is 10.0. The summed E-state index contributed by atoms with van der Waals surface area (Å²) in [5, 5.41) is 3.33. The molecule has 1 aromatic carbocycles. The van der Waals surface area contributed by atoms with Crippen LogP contribution in [0, 0.1) is 6.92 Å². The van der Waals surface area contributed by atoms with E-state index in [2.05, 4.69) is 18.3 Å². The van der Waals surface area contributed by atoms with Gasteiger partial charge in [0.25, 0.3) is 0 Å². The van der Waals surface area contributed by atoms with Crippen molar-refractivity contribution in [3.63, 3.8) is 0 Å². The predicted octanol–water partition coefficient (Wildman–Crippen LogP) is 2.09. The van der Waals surface area contributed by atoms with Crippen LogP contribution < -0.4 is 10.1 Å². The monoisotopic (exact) mass is 285 g/mol. The molecular formula is C14H23NO3S. The zero-order valence-electron chi connectivity index (χ0n) is 12.1. The summed E-state index contributed by atoms with van der Waals surface area (Å²) in [5.41, 5.74) is 2.28. The largest absolute Gasteiger partial charge is 0.496 e. The minimum absolute atomic E-state index is 0.134. The SMILES string of the molecule is COc1ccc(C)cc1C(C)NCCCS(C)(=O)=O. The van der Waals surface area contributed by atoms with Crippen molar-refractivity contribution in [2.45, 2.75) is 26.3 Å². The molecular weight excluding hydrogens is 262 g/mol. The van der Waals surface area contributed by atoms with Crippen LogP contribution in [0.1, 0.15) is 30.5 Å². The van der Waals surface area contributed by atoms with Crippen molar-refractivity contribution < 1.29 is 13.2 Å². The van der Waals surface area contributed by atoms with E-state index in [1.54, 1.807) is 7.11 Å². The Labute approximate surface area is 116 Å². The molecule has 0 heterocycles. The third-order valence-electron chi connectivity index (χ3n) is 2.99. The smallest absolute Gasteiger partial charge is 0.147 e. The molecule has 0 bridgehead atoms. The normalized spacial score (nSPS) is 13.3. The van der Waals surface area contributed by atoms with Crippen molar-refractivity contribution in [2.24, 2.45) is 0 Å². The van der Waals surface area contributed by atoms with E-state index in [1.807, 2.05) is 19.1 Å². The maximum absolute atomic E-state index is 11.0. The Morgan fingerprint density at radius 1 is 1.37 bits per heavy atom. The molecule has 0 aromatic heterocycles. The van der Waals surface area contributed by atoms with Gasteiger partial charge in [-0.2, -0.15) is 0 Å². The van der Waals surface area contributed by atoms with Crippen molar-refractivity contribution in [1.82, 2.24) is 5.32 Å². The van der Waals surface area contributed by atoms with Crippen molar-refractivity contribution in [3.8, 4) is 5.75 Å². The predicted molar refractivity (Wildman–Crippen MR) is 78.5 cm³/mol. The van der Waals surface area contributed by atoms with Crippen LogP contribution in [0.5, 0.6) is 5.75 Å². The molecule has 1 rings (SSSR count). The number of hydrogen-bond acceptors (Lipinski definition) is 4. The molecule has 0 spiro atoms. The van der Waals surface area contributed by atoms with Crippen molar-refractivity contribution in [3.05, 3.63) is 29.3 Å². The highest BCUT2D eigenvalue weighted by Crippen LogP contribution is 2.25. The average Bonchev–Trinajstić information content (AvgIpc) is 2.33. The van der Waals surface area contributed by atoms with Gasteiger partial charge in [-0.15, -0.1) is 0 Å². The van der Waals surface area contributed by atoms with Crippen molar-refractivity contribution in [2.75, 3.05) is 25.7 Å². The van der Waals surface area contributed by atoms with Crippen LogP contribution in [0.15, 0.2) is 18.2 Å². The number of aryl methyl sites for hydroxylation is 1. The molecule has 0 fully saturated rings. The molecule has 0 aliphatic heterocycles. The van der Waals surface area contributed by atoms with E-state index >= 15 is 0 Å². The van der Waals surface area contributed by atoms with E-state index < -0.39 is 9.84 Å². The number of methoxy groups -OCH3 is 1. The summed E-state index contributed by atoms with van der Waals surface area (Å²) in [7, 11) is -1.21. The third kappa shape index (κ3) is 5.61. The van der Waals surface area contributed by atoms with Gasteiger partial charge >= 0.3 is 0 Å². The fourth-order valence-electron chi connectivity index (χ4n) is 1.96. The van der Waals surface area contributed by atoms with Gasteiger partial charge in [0.05, 0.1) is 12.9 Å². The molecule has 1 atom stereocenters. The summed E-state index contributed by atoms with van der Waals surface area (Å²) in [6, 6.07) is 6.19. The minimum Gasteiger partial charge on any atom is -0.496 e. The fraction of sp³-hybridized carbons (Fsp3) is 0.571. The lowest BCUT2D eigenvalue weighted by molar-refractivity contribution is 0.401. The third-order valence-corrected chi connectivity index (χ3v) is 4.02. The van der Waals surface area contributed by atoms with E-state index in [9.17, 15) is 8.42 Å². The van der Waals surface area contributed by atoms with Crippen LogP contribution >= 0.6 is 0 Å². The highest BCUT2D eigenvalue weighted by molar-refractivity contribution is 7.90. The van der Waals surface area contributed by atoms with Gasteiger partial charge in [0.15, 0.2) is 0 Å². The second-order valence-electron chi connectivity index (χ2n) is 4.90. The van der Waals surface area contributed by atoms with Gasteiger partial charge in [-0.25, -0.2) is 8.42 Å². The van der Waals surface area contributed by atoms with Gasteiger partial charge in [0.2, 0.25) is 0 Å². The van der Waals surface area contributed by atoms with Gasteiger partial charge in [-0.05, 0) is 32.9 Å². The minimum atomic E-state index is -2.87. The van der Waals surface area contributed by atoms with Crippen molar-refractivity contribution >= 4 is 9.84 Å². The zero-order valence-corrected chi connectivity index (χ0v) is 12.9. The molecule has 108 valence electrons. The summed E-state index contributed by atoms with van der Waals surface area (Å²) in [4.78, 5) is 0. The first kappa shape index (κ1) is 16.0. The van der Waals surface area contributed by atoms with E-state index in [0.29, 0.717) is 13.0 Å². The van der Waals surface area contributed by atoms with Crippen LogP contribution in [0.4, 0.5) is 0 Å². The highest BCUT2D eigenvalue weighted by atomic mass is 32.2. The summed E-state index contributed by atoms with van der Waals surface area (Å²) >= 11 is 0. The van der Waals surface area contributed by atoms with Gasteiger partial charge < -0.3 is 10.1 Å². The lowest BCUT2D eigenvalue weighted by Crippen LogP contribution is -2.22. The summed E-state index contributed by atoms with van der Waals surface area (Å²) in [5.74, 6) is 1.08. The number of rotatable bonds is 7. The molecule has 0 aliphatic carbocycles. The molecule has 5 heteroatoms. The van der Waals surface area contributed by atoms with Gasteiger partial charge in [-0.1, -0.05) is 17.7 Å². The summed E-state index contributed by atoms with van der Waals surface area (Å²) in [6.45, 7) is 4.77. The molecule has 1 aromatic rings. The summed E-state index contributed by atoms with van der Waals surface area (Å²) in [6.07, 6.45) is 1.89. The average molecular weight is 285 g/mol. The van der Waals surface area contributed by atoms with E-state index in [1.165, 1.54) is 11.8 Å². The fourth-order valence-corrected chi connectivity index (χ4v) is 2.62. The van der Waals surface area contributed by atoms with Crippen LogP contribution in [-0.4, -0.2) is 34.1 Å². The molecule has 0 amide bonds. The molecule has 1 N–H and O–H groups in total. The van der Waals surface area contributed by atoms with Crippen LogP contribution in [-0.2, 0) is 9.84 Å².